The number of hydrogen-bond acceptors (Lipinski definition) is 8. The number of aromatic nitrogens is 2. The highest BCUT2D eigenvalue weighted by atomic mass is 19.4. The maximum absolute atomic E-state index is 14.9. The summed E-state index contributed by atoms with van der Waals surface area (Å²) in [5, 5.41) is 17.0. The fourth-order valence-corrected chi connectivity index (χ4v) is 5.57. The van der Waals surface area contributed by atoms with Gasteiger partial charge in [0.2, 0.25) is 11.5 Å². The number of ether oxygens (including phenoxy) is 3. The summed E-state index contributed by atoms with van der Waals surface area (Å²) in [7, 11) is 1.36. The molecule has 3 N–H and O–H groups in total. The fraction of sp³-hybridized carbons (Fsp3) is 0.333. The van der Waals surface area contributed by atoms with E-state index in [4.69, 9.17) is 14.2 Å². The van der Waals surface area contributed by atoms with Crippen LogP contribution in [0.4, 0.5) is 17.6 Å². The van der Waals surface area contributed by atoms with Crippen molar-refractivity contribution >= 4 is 22.7 Å². The van der Waals surface area contributed by atoms with E-state index in [2.05, 4.69) is 20.6 Å². The van der Waals surface area contributed by atoms with Gasteiger partial charge in [-0.1, -0.05) is 6.07 Å². The number of benzene rings is 2. The van der Waals surface area contributed by atoms with E-state index in [-0.39, 0.29) is 53.7 Å². The average molecular weight is 655 g/mol. The quantitative estimate of drug-likeness (QED) is 0.241. The Morgan fingerprint density at radius 3 is 2.43 bits per heavy atom. The largest absolute Gasteiger partial charge is 0.494 e. The Balaban J connectivity index is 1.42. The van der Waals surface area contributed by atoms with Gasteiger partial charge in [0, 0.05) is 28.3 Å². The molecule has 6 rings (SSSR count). The van der Waals surface area contributed by atoms with E-state index in [1.165, 1.54) is 44.5 Å². The summed E-state index contributed by atoms with van der Waals surface area (Å²) < 4.78 is 74.9. The van der Waals surface area contributed by atoms with Crippen molar-refractivity contribution in [1.82, 2.24) is 20.6 Å². The number of carbonyl (C=O) groups is 2. The Morgan fingerprint density at radius 2 is 1.79 bits per heavy atom. The van der Waals surface area contributed by atoms with Gasteiger partial charge in [-0.3, -0.25) is 14.6 Å². The number of methoxy groups -OCH3 is 1. The van der Waals surface area contributed by atoms with Crippen LogP contribution in [-0.2, 0) is 20.5 Å². The zero-order chi connectivity index (χ0) is 33.8. The van der Waals surface area contributed by atoms with Gasteiger partial charge in [-0.2, -0.15) is 13.2 Å². The number of nitrogens with zero attached hydrogens (tertiary/aromatic N) is 2. The number of alkyl halides is 3. The number of carbonyl (C=O) groups excluding carboxylic acids is 2. The van der Waals surface area contributed by atoms with Gasteiger partial charge in [0.15, 0.2) is 0 Å². The summed E-state index contributed by atoms with van der Waals surface area (Å²) >= 11 is 0. The SMILES string of the molecule is COc1cc(C(=O)NCC(O)(c2cc3c(c(-c4ccc(F)cc4)n2)OC[C@]3(C)C(=O)NC2(C)COC2)C(F)(F)F)cc2cccnc12. The predicted molar refractivity (Wildman–Crippen MR) is 160 cm³/mol. The Bertz CT molecular complexity index is 1880. The summed E-state index contributed by atoms with van der Waals surface area (Å²) in [5.41, 5.74) is -6.35. The van der Waals surface area contributed by atoms with Gasteiger partial charge in [0.05, 0.1) is 38.1 Å². The minimum Gasteiger partial charge on any atom is -0.494 e. The Kier molecular flexibility index (Phi) is 7.83. The Morgan fingerprint density at radius 1 is 1.06 bits per heavy atom. The number of aliphatic hydroxyl groups is 1. The molecule has 246 valence electrons. The molecule has 47 heavy (non-hydrogen) atoms. The smallest absolute Gasteiger partial charge is 0.424 e. The molecule has 1 unspecified atom stereocenters. The van der Waals surface area contributed by atoms with E-state index in [0.29, 0.717) is 10.9 Å². The summed E-state index contributed by atoms with van der Waals surface area (Å²) in [6.45, 7) is 2.19. The molecule has 0 aliphatic carbocycles. The zero-order valence-corrected chi connectivity index (χ0v) is 25.5. The van der Waals surface area contributed by atoms with Crippen molar-refractivity contribution in [2.24, 2.45) is 0 Å². The van der Waals surface area contributed by atoms with Crippen molar-refractivity contribution in [2.75, 3.05) is 33.5 Å². The molecule has 2 atom stereocenters. The molecular formula is C33H30F4N4O6. The third-order valence-corrected chi connectivity index (χ3v) is 8.50. The lowest BCUT2D eigenvalue weighted by molar-refractivity contribution is -0.265. The van der Waals surface area contributed by atoms with E-state index in [1.54, 1.807) is 19.1 Å². The zero-order valence-electron chi connectivity index (χ0n) is 25.5. The molecule has 1 saturated heterocycles. The van der Waals surface area contributed by atoms with Gasteiger partial charge in [-0.15, -0.1) is 0 Å². The van der Waals surface area contributed by atoms with E-state index in [9.17, 15) is 32.3 Å². The normalized spacial score (nSPS) is 19.6. The molecule has 0 saturated carbocycles. The Hall–Kier alpha value is -4.82. The van der Waals surface area contributed by atoms with Crippen molar-refractivity contribution in [3.8, 4) is 22.8 Å². The highest BCUT2D eigenvalue weighted by Crippen LogP contribution is 2.48. The first kappa shape index (κ1) is 32.1. The molecular weight excluding hydrogens is 624 g/mol. The standard InChI is InChI=1S/C33H30F4N4O6/c1-30(15-46-16-30)41-29(43)31(2)17-47-27-22(31)13-24(40-26(27)18-6-8-21(34)9-7-18)32(44,33(35,36)37)14-39-28(42)20-11-19-5-4-10-38-25(19)23(12-20)45-3/h4-13,44H,14-17H2,1-3H3,(H,39,42)(H,41,43)/t31-,32?/m0/s1. The molecule has 14 heteroatoms. The number of hydrogen-bond donors (Lipinski definition) is 3. The van der Waals surface area contributed by atoms with Gasteiger partial charge in [0.1, 0.15) is 40.5 Å². The summed E-state index contributed by atoms with van der Waals surface area (Å²) in [6.07, 6.45) is -3.83. The second kappa shape index (κ2) is 11.5. The van der Waals surface area contributed by atoms with Crippen LogP contribution in [-0.4, -0.2) is 72.1 Å². The van der Waals surface area contributed by atoms with Gasteiger partial charge >= 0.3 is 6.18 Å². The van der Waals surface area contributed by atoms with Crippen LogP contribution in [0.1, 0.15) is 35.5 Å². The second-order valence-electron chi connectivity index (χ2n) is 12.2. The molecule has 1 fully saturated rings. The molecule has 0 bridgehead atoms. The fourth-order valence-electron chi connectivity index (χ4n) is 5.57. The highest BCUT2D eigenvalue weighted by molar-refractivity contribution is 6.00. The molecule has 2 amide bonds. The summed E-state index contributed by atoms with van der Waals surface area (Å²) in [6, 6.07) is 11.8. The topological polar surface area (TPSA) is 132 Å². The van der Waals surface area contributed by atoms with Crippen molar-refractivity contribution in [3.05, 3.63) is 83.4 Å². The molecule has 2 aromatic heterocycles. The van der Waals surface area contributed by atoms with Crippen LogP contribution in [0, 0.1) is 5.82 Å². The second-order valence-corrected chi connectivity index (χ2v) is 12.2. The number of pyridine rings is 2. The maximum Gasteiger partial charge on any atom is 0.424 e. The lowest BCUT2D eigenvalue weighted by Crippen LogP contribution is -2.63. The Labute approximate surface area is 266 Å². The van der Waals surface area contributed by atoms with Crippen LogP contribution in [0.2, 0.25) is 0 Å². The van der Waals surface area contributed by atoms with Crippen LogP contribution >= 0.6 is 0 Å². The van der Waals surface area contributed by atoms with Crippen molar-refractivity contribution in [1.29, 1.82) is 0 Å². The number of halogens is 4. The first-order chi connectivity index (χ1) is 22.2. The minimum atomic E-state index is -5.36. The molecule has 4 aromatic rings. The van der Waals surface area contributed by atoms with E-state index in [1.807, 2.05) is 0 Å². The van der Waals surface area contributed by atoms with E-state index in [0.717, 1.165) is 18.2 Å². The first-order valence-electron chi connectivity index (χ1n) is 14.5. The van der Waals surface area contributed by atoms with Crippen LogP contribution in [0.3, 0.4) is 0 Å². The lowest BCUT2D eigenvalue weighted by atomic mass is 9.80. The van der Waals surface area contributed by atoms with Gasteiger partial charge in [0.25, 0.3) is 5.91 Å². The highest BCUT2D eigenvalue weighted by Gasteiger charge is 2.58. The van der Waals surface area contributed by atoms with Crippen molar-refractivity contribution < 1.29 is 46.5 Å². The number of fused-ring (bicyclic) bond motifs is 2. The van der Waals surface area contributed by atoms with E-state index >= 15 is 0 Å². The number of rotatable bonds is 8. The molecule has 0 spiro atoms. The third kappa shape index (κ3) is 5.61. The van der Waals surface area contributed by atoms with Gasteiger partial charge in [-0.05, 0) is 62.4 Å². The van der Waals surface area contributed by atoms with Crippen molar-refractivity contribution in [3.63, 3.8) is 0 Å². The maximum atomic E-state index is 14.9. The van der Waals surface area contributed by atoms with Crippen LogP contribution in [0.25, 0.3) is 22.2 Å². The van der Waals surface area contributed by atoms with Gasteiger partial charge < -0.3 is 30.0 Å². The van der Waals surface area contributed by atoms with Crippen LogP contribution < -0.4 is 20.1 Å². The molecule has 10 nitrogen and oxygen atoms in total. The lowest BCUT2D eigenvalue weighted by Gasteiger charge is -2.40. The predicted octanol–water partition coefficient (Wildman–Crippen LogP) is 4.18. The molecule has 4 heterocycles. The summed E-state index contributed by atoms with van der Waals surface area (Å²) in [5.74, 6) is -1.83. The summed E-state index contributed by atoms with van der Waals surface area (Å²) in [4.78, 5) is 35.2. The first-order valence-corrected chi connectivity index (χ1v) is 14.5. The van der Waals surface area contributed by atoms with Gasteiger partial charge in [-0.25, -0.2) is 9.37 Å². The molecule has 2 aliphatic heterocycles. The molecule has 0 radical (unpaired) electrons. The molecule has 2 aromatic carbocycles. The monoisotopic (exact) mass is 654 g/mol. The molecule has 2 aliphatic rings. The number of nitrogens with one attached hydrogen (secondary N) is 2. The average Bonchev–Trinajstić information content (AvgIpc) is 3.39. The van der Waals surface area contributed by atoms with Crippen LogP contribution in [0.15, 0.2) is 60.8 Å². The van der Waals surface area contributed by atoms with Crippen molar-refractivity contribution in [2.45, 2.75) is 36.6 Å². The minimum absolute atomic E-state index is 0.0125. The van der Waals surface area contributed by atoms with E-state index < -0.39 is 52.6 Å². The van der Waals surface area contributed by atoms with Crippen LogP contribution in [0.5, 0.6) is 11.5 Å². The number of amides is 2. The third-order valence-electron chi connectivity index (χ3n) is 8.50.